The van der Waals surface area contributed by atoms with E-state index in [1.807, 2.05) is 0 Å². The van der Waals surface area contributed by atoms with Crippen molar-refractivity contribution in [2.45, 2.75) is 6.92 Å². The van der Waals surface area contributed by atoms with Crippen LogP contribution in [0.3, 0.4) is 0 Å². The molecule has 114 valence electrons. The number of halogens is 2. The van der Waals surface area contributed by atoms with Crippen molar-refractivity contribution in [2.75, 3.05) is 6.61 Å². The summed E-state index contributed by atoms with van der Waals surface area (Å²) in [5, 5.41) is 9.21. The van der Waals surface area contributed by atoms with Gasteiger partial charge in [-0.15, -0.1) is 0 Å². The highest BCUT2D eigenvalue weighted by atomic mass is 19.2. The Labute approximate surface area is 125 Å². The molecule has 2 rings (SSSR count). The number of rotatable bonds is 4. The summed E-state index contributed by atoms with van der Waals surface area (Å²) in [6, 6.07) is 7.19. The normalized spacial score (nSPS) is 10.3. The van der Waals surface area contributed by atoms with Crippen LogP contribution in [0.5, 0.6) is 0 Å². The monoisotopic (exact) mass is 306 g/mol. The molecule has 6 heteroatoms. The van der Waals surface area contributed by atoms with Crippen molar-refractivity contribution in [3.8, 4) is 11.1 Å². The highest BCUT2D eigenvalue weighted by molar-refractivity contribution is 6.03. The molecule has 1 N–H and O–H groups in total. The van der Waals surface area contributed by atoms with Crippen LogP contribution in [0.1, 0.15) is 27.6 Å². The molecular weight excluding hydrogens is 294 g/mol. The lowest BCUT2D eigenvalue weighted by Gasteiger charge is -2.09. The van der Waals surface area contributed by atoms with Crippen LogP contribution < -0.4 is 0 Å². The molecule has 0 bridgehead atoms. The van der Waals surface area contributed by atoms with E-state index >= 15 is 0 Å². The van der Waals surface area contributed by atoms with Gasteiger partial charge in [-0.3, -0.25) is 0 Å². The summed E-state index contributed by atoms with van der Waals surface area (Å²) < 4.78 is 31.0. The maximum Gasteiger partial charge on any atom is 0.338 e. The van der Waals surface area contributed by atoms with E-state index in [0.717, 1.165) is 12.1 Å². The van der Waals surface area contributed by atoms with Crippen molar-refractivity contribution in [1.29, 1.82) is 0 Å². The Balaban J connectivity index is 2.51. The Kier molecular flexibility index (Phi) is 4.50. The molecule has 0 aliphatic rings. The number of carbonyl (C=O) groups is 2. The van der Waals surface area contributed by atoms with E-state index in [1.165, 1.54) is 24.3 Å². The molecule has 0 fully saturated rings. The molecular formula is C16H12F2O4. The average Bonchev–Trinajstić information content (AvgIpc) is 2.49. The number of esters is 1. The third kappa shape index (κ3) is 3.11. The van der Waals surface area contributed by atoms with Gasteiger partial charge in [0.2, 0.25) is 0 Å². The molecule has 22 heavy (non-hydrogen) atoms. The Morgan fingerprint density at radius 3 is 2.23 bits per heavy atom. The summed E-state index contributed by atoms with van der Waals surface area (Å²) in [5.74, 6) is -4.10. The number of hydrogen-bond acceptors (Lipinski definition) is 3. The van der Waals surface area contributed by atoms with Crippen molar-refractivity contribution in [2.24, 2.45) is 0 Å². The standard InChI is InChI=1S/C16H12F2O4/c1-2-22-16(21)11-5-3-9(7-12(11)15(19)20)10-4-6-13(17)14(18)8-10/h3-8H,2H2,1H3,(H,19,20). The van der Waals surface area contributed by atoms with Gasteiger partial charge >= 0.3 is 11.9 Å². The van der Waals surface area contributed by atoms with Crippen LogP contribution >= 0.6 is 0 Å². The van der Waals surface area contributed by atoms with Gasteiger partial charge in [0.25, 0.3) is 0 Å². The molecule has 4 nitrogen and oxygen atoms in total. The average molecular weight is 306 g/mol. The van der Waals surface area contributed by atoms with Crippen LogP contribution in [0.2, 0.25) is 0 Å². The predicted octanol–water partition coefficient (Wildman–Crippen LogP) is 3.51. The zero-order chi connectivity index (χ0) is 16.3. The van der Waals surface area contributed by atoms with E-state index < -0.39 is 23.6 Å². The second-order valence-electron chi connectivity index (χ2n) is 4.41. The summed E-state index contributed by atoms with van der Waals surface area (Å²) in [7, 11) is 0. The summed E-state index contributed by atoms with van der Waals surface area (Å²) in [5.41, 5.74) is 0.294. The minimum Gasteiger partial charge on any atom is -0.478 e. The van der Waals surface area contributed by atoms with Crippen LogP contribution in [0.15, 0.2) is 36.4 Å². The molecule has 0 unspecified atom stereocenters. The Morgan fingerprint density at radius 1 is 1.00 bits per heavy atom. The molecule has 0 aliphatic heterocycles. The number of carboxylic acid groups (broad SMARTS) is 1. The first-order valence-electron chi connectivity index (χ1n) is 6.44. The number of aromatic carboxylic acids is 1. The van der Waals surface area contributed by atoms with Crippen molar-refractivity contribution < 1.29 is 28.2 Å². The van der Waals surface area contributed by atoms with Crippen LogP contribution in [0, 0.1) is 11.6 Å². The van der Waals surface area contributed by atoms with Crippen LogP contribution in [-0.2, 0) is 4.74 Å². The Bertz CT molecular complexity index is 741. The van der Waals surface area contributed by atoms with E-state index in [9.17, 15) is 23.5 Å². The fraction of sp³-hybridized carbons (Fsp3) is 0.125. The maximum atomic E-state index is 13.3. The summed E-state index contributed by atoms with van der Waals surface area (Å²) in [6.07, 6.45) is 0. The molecule has 0 saturated heterocycles. The quantitative estimate of drug-likeness (QED) is 0.878. The molecule has 0 heterocycles. The van der Waals surface area contributed by atoms with Gasteiger partial charge in [0, 0.05) is 0 Å². The molecule has 0 radical (unpaired) electrons. The third-order valence-electron chi connectivity index (χ3n) is 3.00. The van der Waals surface area contributed by atoms with Crippen molar-refractivity contribution in [3.63, 3.8) is 0 Å². The lowest BCUT2D eigenvalue weighted by atomic mass is 9.99. The van der Waals surface area contributed by atoms with E-state index in [4.69, 9.17) is 4.74 Å². The molecule has 0 atom stereocenters. The number of benzene rings is 2. The highest BCUT2D eigenvalue weighted by Gasteiger charge is 2.18. The summed E-state index contributed by atoms with van der Waals surface area (Å²) in [6.45, 7) is 1.72. The molecule has 2 aromatic rings. The van der Waals surface area contributed by atoms with Gasteiger partial charge < -0.3 is 9.84 Å². The fourth-order valence-electron chi connectivity index (χ4n) is 1.96. The molecule has 0 spiro atoms. The van der Waals surface area contributed by atoms with Gasteiger partial charge in [0.15, 0.2) is 11.6 Å². The molecule has 0 aliphatic carbocycles. The van der Waals surface area contributed by atoms with Gasteiger partial charge in [0.1, 0.15) is 0 Å². The minimum atomic E-state index is -1.31. The molecule has 0 amide bonds. The zero-order valence-electron chi connectivity index (χ0n) is 11.6. The van der Waals surface area contributed by atoms with Gasteiger partial charge in [-0.2, -0.15) is 0 Å². The van der Waals surface area contributed by atoms with Gasteiger partial charge in [0.05, 0.1) is 17.7 Å². The Hall–Kier alpha value is -2.76. The van der Waals surface area contributed by atoms with E-state index in [1.54, 1.807) is 6.92 Å². The van der Waals surface area contributed by atoms with Crippen molar-refractivity contribution in [3.05, 3.63) is 59.2 Å². The van der Waals surface area contributed by atoms with E-state index in [0.29, 0.717) is 11.1 Å². The maximum absolute atomic E-state index is 13.3. The van der Waals surface area contributed by atoms with Crippen LogP contribution in [0.4, 0.5) is 8.78 Å². The second-order valence-corrected chi connectivity index (χ2v) is 4.41. The first kappa shape index (κ1) is 15.6. The van der Waals surface area contributed by atoms with Crippen molar-refractivity contribution in [1.82, 2.24) is 0 Å². The van der Waals surface area contributed by atoms with Gasteiger partial charge in [-0.05, 0) is 42.3 Å². The predicted molar refractivity (Wildman–Crippen MR) is 74.7 cm³/mol. The first-order valence-corrected chi connectivity index (χ1v) is 6.44. The minimum absolute atomic E-state index is 0.0966. The summed E-state index contributed by atoms with van der Waals surface area (Å²) in [4.78, 5) is 23.0. The summed E-state index contributed by atoms with van der Waals surface area (Å²) >= 11 is 0. The largest absolute Gasteiger partial charge is 0.478 e. The first-order chi connectivity index (χ1) is 10.4. The lowest BCUT2D eigenvalue weighted by molar-refractivity contribution is 0.0514. The van der Waals surface area contributed by atoms with E-state index in [-0.39, 0.29) is 17.7 Å². The molecule has 0 saturated carbocycles. The van der Waals surface area contributed by atoms with Crippen LogP contribution in [-0.4, -0.2) is 23.7 Å². The number of carbonyl (C=O) groups excluding carboxylic acids is 1. The van der Waals surface area contributed by atoms with Gasteiger partial charge in [-0.1, -0.05) is 12.1 Å². The highest BCUT2D eigenvalue weighted by Crippen LogP contribution is 2.25. The van der Waals surface area contributed by atoms with Crippen LogP contribution in [0.25, 0.3) is 11.1 Å². The Morgan fingerprint density at radius 2 is 1.64 bits per heavy atom. The third-order valence-corrected chi connectivity index (χ3v) is 3.00. The van der Waals surface area contributed by atoms with E-state index in [2.05, 4.69) is 0 Å². The number of ether oxygens (including phenoxy) is 1. The smallest absolute Gasteiger partial charge is 0.338 e. The number of carboxylic acids is 1. The SMILES string of the molecule is CCOC(=O)c1ccc(-c2ccc(F)c(F)c2)cc1C(=O)O. The van der Waals surface area contributed by atoms with Gasteiger partial charge in [-0.25, -0.2) is 18.4 Å². The lowest BCUT2D eigenvalue weighted by Crippen LogP contribution is -2.11. The number of hydrogen-bond donors (Lipinski definition) is 1. The van der Waals surface area contributed by atoms with Crippen molar-refractivity contribution >= 4 is 11.9 Å². The topological polar surface area (TPSA) is 63.6 Å². The zero-order valence-corrected chi connectivity index (χ0v) is 11.6. The second kappa shape index (κ2) is 6.34. The molecule has 0 aromatic heterocycles. The fourth-order valence-corrected chi connectivity index (χ4v) is 1.96. The molecule has 2 aromatic carbocycles.